The van der Waals surface area contributed by atoms with Crippen molar-refractivity contribution >= 4 is 16.5 Å². The summed E-state index contributed by atoms with van der Waals surface area (Å²) in [4.78, 5) is 8.15. The van der Waals surface area contributed by atoms with Gasteiger partial charge in [0.2, 0.25) is 0 Å². The van der Waals surface area contributed by atoms with Crippen molar-refractivity contribution in [3.8, 4) is 0 Å². The summed E-state index contributed by atoms with van der Waals surface area (Å²) in [6.07, 6.45) is 1.72. The van der Waals surface area contributed by atoms with Crippen LogP contribution < -0.4 is 4.90 Å². The SMILES string of the molecule is CC1CN(c2nc3c(s2)C(O)CC(C)(C)C3)CCO1. The van der Waals surface area contributed by atoms with E-state index in [-0.39, 0.29) is 17.6 Å². The Labute approximate surface area is 118 Å². The molecule has 106 valence electrons. The molecule has 0 bridgehead atoms. The van der Waals surface area contributed by atoms with E-state index in [0.717, 1.165) is 48.2 Å². The van der Waals surface area contributed by atoms with Gasteiger partial charge in [0.1, 0.15) is 0 Å². The van der Waals surface area contributed by atoms with E-state index < -0.39 is 0 Å². The molecule has 2 atom stereocenters. The number of thiazole rings is 1. The van der Waals surface area contributed by atoms with Gasteiger partial charge in [0.05, 0.1) is 29.4 Å². The van der Waals surface area contributed by atoms with Gasteiger partial charge in [-0.2, -0.15) is 0 Å². The highest BCUT2D eigenvalue weighted by Crippen LogP contribution is 2.44. The normalized spacial score (nSPS) is 30.2. The van der Waals surface area contributed by atoms with Gasteiger partial charge in [0.25, 0.3) is 0 Å². The zero-order chi connectivity index (χ0) is 13.6. The Balaban J connectivity index is 1.86. The lowest BCUT2D eigenvalue weighted by Crippen LogP contribution is -2.41. The highest BCUT2D eigenvalue weighted by molar-refractivity contribution is 7.15. The number of rotatable bonds is 1. The fraction of sp³-hybridized carbons (Fsp3) is 0.786. The first-order chi connectivity index (χ1) is 8.94. The van der Waals surface area contributed by atoms with E-state index in [1.165, 1.54) is 0 Å². The van der Waals surface area contributed by atoms with E-state index in [4.69, 9.17) is 9.72 Å². The van der Waals surface area contributed by atoms with Crippen molar-refractivity contribution in [3.63, 3.8) is 0 Å². The predicted molar refractivity (Wildman–Crippen MR) is 76.8 cm³/mol. The average Bonchev–Trinajstić information content (AvgIpc) is 2.71. The summed E-state index contributed by atoms with van der Waals surface area (Å²) in [5, 5.41) is 11.3. The Morgan fingerprint density at radius 1 is 1.47 bits per heavy atom. The van der Waals surface area contributed by atoms with Crippen LogP contribution in [0.15, 0.2) is 0 Å². The topological polar surface area (TPSA) is 45.6 Å². The van der Waals surface area contributed by atoms with E-state index in [0.29, 0.717) is 0 Å². The number of anilines is 1. The monoisotopic (exact) mass is 282 g/mol. The van der Waals surface area contributed by atoms with Crippen LogP contribution in [0, 0.1) is 5.41 Å². The van der Waals surface area contributed by atoms with Gasteiger partial charge < -0.3 is 14.7 Å². The summed E-state index contributed by atoms with van der Waals surface area (Å²) in [5.41, 5.74) is 1.25. The standard InChI is InChI=1S/C14H22N2O2S/c1-9-8-16(4-5-18-9)13-15-10-6-14(2,3)7-11(17)12(10)19-13/h9,11,17H,4-8H2,1-3H3. The van der Waals surface area contributed by atoms with Crippen LogP contribution in [0.25, 0.3) is 0 Å². The third kappa shape index (κ3) is 2.64. The lowest BCUT2D eigenvalue weighted by atomic mass is 9.77. The maximum atomic E-state index is 10.3. The summed E-state index contributed by atoms with van der Waals surface area (Å²) in [7, 11) is 0. The van der Waals surface area contributed by atoms with Crippen molar-refractivity contribution in [1.29, 1.82) is 0 Å². The number of aliphatic hydroxyl groups excluding tert-OH is 1. The minimum atomic E-state index is -0.344. The Bertz CT molecular complexity index is 472. The van der Waals surface area contributed by atoms with Crippen LogP contribution in [0.3, 0.4) is 0 Å². The van der Waals surface area contributed by atoms with Crippen molar-refractivity contribution in [1.82, 2.24) is 4.98 Å². The number of aliphatic hydroxyl groups is 1. The molecule has 3 rings (SSSR count). The maximum absolute atomic E-state index is 10.3. The van der Waals surface area contributed by atoms with Gasteiger partial charge in [-0.1, -0.05) is 25.2 Å². The van der Waals surface area contributed by atoms with Gasteiger partial charge in [0.15, 0.2) is 5.13 Å². The molecule has 2 aliphatic rings. The summed E-state index contributed by atoms with van der Waals surface area (Å²) in [5.74, 6) is 0. The fourth-order valence-electron chi connectivity index (χ4n) is 3.01. The molecule has 19 heavy (non-hydrogen) atoms. The zero-order valence-corrected chi connectivity index (χ0v) is 12.7. The number of nitrogens with zero attached hydrogens (tertiary/aromatic N) is 2. The molecular formula is C14H22N2O2S. The molecule has 1 fully saturated rings. The van der Waals surface area contributed by atoms with Crippen LogP contribution in [0.2, 0.25) is 0 Å². The minimum Gasteiger partial charge on any atom is -0.387 e. The third-order valence-electron chi connectivity index (χ3n) is 3.92. The number of fused-ring (bicyclic) bond motifs is 1. The fourth-order valence-corrected chi connectivity index (χ4v) is 4.11. The van der Waals surface area contributed by atoms with E-state index in [2.05, 4.69) is 25.7 Å². The third-order valence-corrected chi connectivity index (χ3v) is 5.18. The Hall–Kier alpha value is -0.650. The minimum absolute atomic E-state index is 0.149. The van der Waals surface area contributed by atoms with Crippen molar-refractivity contribution in [2.24, 2.45) is 5.41 Å². The molecule has 0 aromatic carbocycles. The van der Waals surface area contributed by atoms with Gasteiger partial charge in [-0.05, 0) is 25.2 Å². The Morgan fingerprint density at radius 3 is 3.00 bits per heavy atom. The molecule has 5 heteroatoms. The highest BCUT2D eigenvalue weighted by Gasteiger charge is 2.35. The quantitative estimate of drug-likeness (QED) is 0.859. The lowest BCUT2D eigenvalue weighted by molar-refractivity contribution is 0.0532. The Kier molecular flexibility index (Phi) is 3.31. The molecule has 1 aromatic rings. The highest BCUT2D eigenvalue weighted by atomic mass is 32.1. The van der Waals surface area contributed by atoms with Crippen LogP contribution in [-0.2, 0) is 11.2 Å². The number of aromatic nitrogens is 1. The smallest absolute Gasteiger partial charge is 0.186 e. The molecule has 2 heterocycles. The van der Waals surface area contributed by atoms with Gasteiger partial charge in [-0.3, -0.25) is 0 Å². The zero-order valence-electron chi connectivity index (χ0n) is 11.8. The first kappa shape index (κ1) is 13.3. The summed E-state index contributed by atoms with van der Waals surface area (Å²) < 4.78 is 5.57. The molecule has 2 unspecified atom stereocenters. The molecule has 1 aliphatic carbocycles. The molecule has 4 nitrogen and oxygen atoms in total. The van der Waals surface area contributed by atoms with E-state index >= 15 is 0 Å². The molecule has 0 amide bonds. The van der Waals surface area contributed by atoms with E-state index in [1.807, 2.05) is 0 Å². The first-order valence-corrected chi connectivity index (χ1v) is 7.80. The van der Waals surface area contributed by atoms with Crippen LogP contribution in [0.4, 0.5) is 5.13 Å². The van der Waals surface area contributed by atoms with Gasteiger partial charge >= 0.3 is 0 Å². The lowest BCUT2D eigenvalue weighted by Gasteiger charge is -2.31. The molecule has 0 radical (unpaired) electrons. The number of hydrogen-bond acceptors (Lipinski definition) is 5. The van der Waals surface area contributed by atoms with Crippen molar-refractivity contribution in [2.75, 3.05) is 24.6 Å². The molecule has 0 saturated carbocycles. The Morgan fingerprint density at radius 2 is 2.26 bits per heavy atom. The van der Waals surface area contributed by atoms with Crippen LogP contribution in [-0.4, -0.2) is 35.9 Å². The summed E-state index contributed by atoms with van der Waals surface area (Å²) >= 11 is 1.66. The number of morpholine rings is 1. The average molecular weight is 282 g/mol. The molecule has 1 N–H and O–H groups in total. The first-order valence-electron chi connectivity index (χ1n) is 6.99. The largest absolute Gasteiger partial charge is 0.387 e. The van der Waals surface area contributed by atoms with E-state index in [9.17, 15) is 5.11 Å². The number of hydrogen-bond donors (Lipinski definition) is 1. The molecule has 1 aliphatic heterocycles. The van der Waals surface area contributed by atoms with Crippen LogP contribution >= 0.6 is 11.3 Å². The molecule has 1 aromatic heterocycles. The number of ether oxygens (including phenoxy) is 1. The van der Waals surface area contributed by atoms with Crippen molar-refractivity contribution in [2.45, 2.75) is 45.8 Å². The second kappa shape index (κ2) is 4.72. The van der Waals surface area contributed by atoms with Crippen molar-refractivity contribution in [3.05, 3.63) is 10.6 Å². The molecule has 0 spiro atoms. The van der Waals surface area contributed by atoms with Crippen molar-refractivity contribution < 1.29 is 9.84 Å². The summed E-state index contributed by atoms with van der Waals surface area (Å²) in [6.45, 7) is 9.06. The predicted octanol–water partition coefficient (Wildman–Crippen LogP) is 2.37. The van der Waals surface area contributed by atoms with Gasteiger partial charge in [-0.25, -0.2) is 4.98 Å². The second-order valence-corrected chi connectivity index (χ2v) is 7.50. The molecular weight excluding hydrogens is 260 g/mol. The molecule has 1 saturated heterocycles. The van der Waals surface area contributed by atoms with Crippen LogP contribution in [0.1, 0.15) is 43.9 Å². The van der Waals surface area contributed by atoms with Gasteiger partial charge in [0, 0.05) is 13.1 Å². The second-order valence-electron chi connectivity index (χ2n) is 6.50. The van der Waals surface area contributed by atoms with Gasteiger partial charge in [-0.15, -0.1) is 0 Å². The van der Waals surface area contributed by atoms with Crippen LogP contribution in [0.5, 0.6) is 0 Å². The maximum Gasteiger partial charge on any atom is 0.186 e. The van der Waals surface area contributed by atoms with E-state index in [1.54, 1.807) is 11.3 Å². The summed E-state index contributed by atoms with van der Waals surface area (Å²) in [6, 6.07) is 0.